The van der Waals surface area contributed by atoms with Gasteiger partial charge in [0.1, 0.15) is 30.5 Å². The van der Waals surface area contributed by atoms with Crippen molar-refractivity contribution < 1.29 is 64.0 Å². The van der Waals surface area contributed by atoms with Crippen LogP contribution >= 0.6 is 0 Å². The first-order valence-electron chi connectivity index (χ1n) is 30.4. The number of rotatable bonds is 53. The molecule has 1 aliphatic heterocycles. The number of nitrogens with one attached hydrogen (secondary N) is 1. The SMILES string of the molecule is CCCCCCCCCCCCCCCCCCCCCCCCCC(=O)[C@@](O)(CCCCCCCCCCCCCC)[C@@H](O)[C@H](CO[C@H]1O[C@H](CO)[C@H](O)[C@H](O)[C@H]1O)NC(=O)OCOC(=O)CCCCCN=[N+]=[N-]. The molecular weight excluding hydrogens is 961 g/mol. The highest BCUT2D eigenvalue weighted by atomic mass is 16.7. The molecule has 1 heterocycles. The van der Waals surface area contributed by atoms with E-state index in [-0.39, 0.29) is 19.3 Å². The quantitative estimate of drug-likeness (QED) is 0.00747. The largest absolute Gasteiger partial charge is 0.428 e. The van der Waals surface area contributed by atoms with Gasteiger partial charge in [-0.2, -0.15) is 0 Å². The average Bonchev–Trinajstić information content (AvgIpc) is 3.40. The van der Waals surface area contributed by atoms with E-state index < -0.39 is 86.3 Å². The summed E-state index contributed by atoms with van der Waals surface area (Å²) >= 11 is 0. The molecule has 7 N–H and O–H groups in total. The van der Waals surface area contributed by atoms with Crippen molar-refractivity contribution in [1.29, 1.82) is 0 Å². The monoisotopic (exact) mass is 1070 g/mol. The molecule has 440 valence electrons. The number of aliphatic hydroxyl groups excluding tert-OH is 5. The first-order chi connectivity index (χ1) is 36.5. The first-order valence-corrected chi connectivity index (χ1v) is 30.4. The van der Waals surface area contributed by atoms with E-state index in [1.807, 2.05) is 0 Å². The van der Waals surface area contributed by atoms with Gasteiger partial charge in [-0.1, -0.05) is 244 Å². The van der Waals surface area contributed by atoms with Crippen LogP contribution in [-0.2, 0) is 28.5 Å². The van der Waals surface area contributed by atoms with Crippen LogP contribution in [0.5, 0.6) is 0 Å². The molecule has 0 aliphatic carbocycles. The van der Waals surface area contributed by atoms with E-state index in [2.05, 4.69) is 29.2 Å². The third-order valence-corrected chi connectivity index (χ3v) is 15.0. The van der Waals surface area contributed by atoms with Crippen LogP contribution in [0.15, 0.2) is 5.11 Å². The number of Topliss-reactive ketones (excluding diaryl/α,β-unsaturated/α-hetero) is 1. The van der Waals surface area contributed by atoms with E-state index in [4.69, 9.17) is 24.5 Å². The van der Waals surface area contributed by atoms with Gasteiger partial charge in [0.25, 0.3) is 0 Å². The van der Waals surface area contributed by atoms with E-state index in [9.17, 15) is 45.0 Å². The highest BCUT2D eigenvalue weighted by Crippen LogP contribution is 2.29. The number of hydrogen-bond donors (Lipinski definition) is 7. The molecule has 1 aliphatic rings. The summed E-state index contributed by atoms with van der Waals surface area (Å²) in [7, 11) is 0. The molecule has 0 saturated carbocycles. The lowest BCUT2D eigenvalue weighted by Crippen LogP contribution is -2.62. The Morgan fingerprint density at radius 1 is 0.587 bits per heavy atom. The number of hydrogen-bond acceptors (Lipinski definition) is 14. The number of carbonyl (C=O) groups is 3. The molecule has 17 heteroatoms. The summed E-state index contributed by atoms with van der Waals surface area (Å²) in [5.74, 6) is -1.22. The number of azide groups is 1. The Morgan fingerprint density at radius 3 is 1.44 bits per heavy atom. The maximum Gasteiger partial charge on any atom is 0.410 e. The van der Waals surface area contributed by atoms with Crippen molar-refractivity contribution in [3.8, 4) is 0 Å². The number of ketones is 1. The Kier molecular flexibility index (Phi) is 45.6. The number of amides is 1. The minimum Gasteiger partial charge on any atom is -0.428 e. The highest BCUT2D eigenvalue weighted by Gasteiger charge is 2.48. The number of carbonyl (C=O) groups excluding carboxylic acids is 3. The topological polar surface area (TPSA) is 270 Å². The Morgan fingerprint density at radius 2 is 1.00 bits per heavy atom. The fourth-order valence-corrected chi connectivity index (χ4v) is 10.0. The van der Waals surface area contributed by atoms with E-state index in [1.165, 1.54) is 154 Å². The lowest BCUT2D eigenvalue weighted by Gasteiger charge is -2.41. The van der Waals surface area contributed by atoms with Crippen LogP contribution in [0.25, 0.3) is 10.4 Å². The summed E-state index contributed by atoms with van der Waals surface area (Å²) in [6.07, 6.45) is 31.7. The van der Waals surface area contributed by atoms with Gasteiger partial charge >= 0.3 is 12.1 Å². The fourth-order valence-electron chi connectivity index (χ4n) is 10.0. The molecular formula is C58H110N4O13. The summed E-state index contributed by atoms with van der Waals surface area (Å²) in [6.45, 7) is 2.62. The van der Waals surface area contributed by atoms with Gasteiger partial charge in [0.15, 0.2) is 17.7 Å². The molecule has 1 fully saturated rings. The van der Waals surface area contributed by atoms with Gasteiger partial charge in [0.05, 0.1) is 19.3 Å². The highest BCUT2D eigenvalue weighted by molar-refractivity contribution is 5.88. The molecule has 0 aromatic carbocycles. The van der Waals surface area contributed by atoms with Crippen molar-refractivity contribution in [1.82, 2.24) is 5.32 Å². The standard InChI is InChI=1S/C58H110N4O13/c1-3-5-7-9-11-13-15-17-18-19-20-21-22-23-24-25-26-27-28-30-32-34-37-41-50(64)58(71,43-39-35-33-31-29-16-14-12-10-8-6-4-2)55(69)48(46-72-56-54(68)53(67)52(66)49(45-63)75-56)61-57(70)74-47-73-51(65)42-38-36-40-44-60-62-59/h48-49,52-56,63,66-69,71H,3-47H2,1-2H3,(H,61,70)/t48-,49+,52-,53-,54+,55-,56-,58-/m0/s1. The van der Waals surface area contributed by atoms with Crippen molar-refractivity contribution in [2.24, 2.45) is 5.11 Å². The van der Waals surface area contributed by atoms with Crippen LogP contribution in [0.3, 0.4) is 0 Å². The van der Waals surface area contributed by atoms with Gasteiger partial charge in [0.2, 0.25) is 6.79 Å². The Bertz CT molecular complexity index is 1420. The first kappa shape index (κ1) is 70.4. The van der Waals surface area contributed by atoms with Crippen molar-refractivity contribution in [3.05, 3.63) is 10.4 Å². The van der Waals surface area contributed by atoms with E-state index in [0.717, 1.165) is 51.4 Å². The van der Waals surface area contributed by atoms with E-state index in [1.54, 1.807) is 0 Å². The number of aliphatic hydroxyl groups is 6. The van der Waals surface area contributed by atoms with Crippen molar-refractivity contribution >= 4 is 17.8 Å². The average molecular weight is 1070 g/mol. The fraction of sp³-hybridized carbons (Fsp3) is 0.948. The van der Waals surface area contributed by atoms with Crippen LogP contribution < -0.4 is 5.32 Å². The smallest absolute Gasteiger partial charge is 0.410 e. The zero-order valence-corrected chi connectivity index (χ0v) is 47.2. The lowest BCUT2D eigenvalue weighted by atomic mass is 9.80. The molecule has 1 rings (SSSR count). The summed E-state index contributed by atoms with van der Waals surface area (Å²) in [5.41, 5.74) is 6.09. The minimum atomic E-state index is -2.33. The molecule has 0 aromatic heterocycles. The molecule has 0 unspecified atom stereocenters. The maximum atomic E-state index is 14.1. The lowest BCUT2D eigenvalue weighted by molar-refractivity contribution is -0.303. The molecule has 0 radical (unpaired) electrons. The van der Waals surface area contributed by atoms with Gasteiger partial charge in [0, 0.05) is 24.3 Å². The summed E-state index contributed by atoms with van der Waals surface area (Å²) in [5, 5.41) is 71.3. The number of alkyl carbamates (subject to hydrolysis) is 1. The molecule has 1 amide bonds. The molecule has 1 saturated heterocycles. The van der Waals surface area contributed by atoms with E-state index in [0.29, 0.717) is 45.1 Å². The van der Waals surface area contributed by atoms with Crippen LogP contribution in [0.4, 0.5) is 4.79 Å². The van der Waals surface area contributed by atoms with Gasteiger partial charge in [-0.3, -0.25) is 9.59 Å². The van der Waals surface area contributed by atoms with Crippen LogP contribution in [0, 0.1) is 0 Å². The number of esters is 1. The predicted octanol–water partition coefficient (Wildman–Crippen LogP) is 12.4. The Hall–Kier alpha value is -2.60. The predicted molar refractivity (Wildman–Crippen MR) is 295 cm³/mol. The number of unbranched alkanes of at least 4 members (excludes halogenated alkanes) is 35. The zero-order valence-electron chi connectivity index (χ0n) is 47.2. The summed E-state index contributed by atoms with van der Waals surface area (Å²) in [4.78, 5) is 42.3. The third-order valence-electron chi connectivity index (χ3n) is 15.0. The van der Waals surface area contributed by atoms with Crippen molar-refractivity contribution in [3.63, 3.8) is 0 Å². The number of ether oxygens (including phenoxy) is 4. The number of nitrogens with zero attached hydrogens (tertiary/aromatic N) is 3. The normalized spacial score (nSPS) is 19.2. The van der Waals surface area contributed by atoms with Crippen LogP contribution in [0.2, 0.25) is 0 Å². The summed E-state index contributed by atoms with van der Waals surface area (Å²) < 4.78 is 21.4. The van der Waals surface area contributed by atoms with E-state index >= 15 is 0 Å². The van der Waals surface area contributed by atoms with Crippen LogP contribution in [0.1, 0.15) is 277 Å². The molecule has 0 aromatic rings. The van der Waals surface area contributed by atoms with Gasteiger partial charge in [-0.05, 0) is 31.2 Å². The molecule has 0 spiro atoms. The second kappa shape index (κ2) is 48.5. The molecule has 0 bridgehead atoms. The van der Waals surface area contributed by atoms with Gasteiger partial charge in [-0.15, -0.1) is 0 Å². The van der Waals surface area contributed by atoms with Gasteiger partial charge in [-0.25, -0.2) is 4.79 Å². The second-order valence-corrected chi connectivity index (χ2v) is 21.6. The minimum absolute atomic E-state index is 0.00275. The second-order valence-electron chi connectivity index (χ2n) is 21.6. The molecule has 8 atom stereocenters. The molecule has 75 heavy (non-hydrogen) atoms. The van der Waals surface area contributed by atoms with Crippen molar-refractivity contribution in [2.45, 2.75) is 326 Å². The molecule has 17 nitrogen and oxygen atoms in total. The zero-order chi connectivity index (χ0) is 55.0. The third kappa shape index (κ3) is 35.5. The Balaban J connectivity index is 2.80. The summed E-state index contributed by atoms with van der Waals surface area (Å²) in [6, 6.07) is -1.56. The Labute approximate surface area is 453 Å². The van der Waals surface area contributed by atoms with Crippen LogP contribution in [-0.4, -0.2) is 123 Å². The maximum absolute atomic E-state index is 14.1. The van der Waals surface area contributed by atoms with Crippen molar-refractivity contribution in [2.75, 3.05) is 26.6 Å². The van der Waals surface area contributed by atoms with Gasteiger partial charge < -0.3 is 54.9 Å².